The van der Waals surface area contributed by atoms with E-state index in [1.807, 2.05) is 0 Å². The third kappa shape index (κ3) is 11.1. The van der Waals surface area contributed by atoms with Crippen molar-refractivity contribution in [1.29, 1.82) is 0 Å². The van der Waals surface area contributed by atoms with Crippen molar-refractivity contribution in [1.82, 2.24) is 19.4 Å². The van der Waals surface area contributed by atoms with Crippen LogP contribution in [0.3, 0.4) is 0 Å². The maximum atomic E-state index is 13.0. The van der Waals surface area contributed by atoms with Crippen molar-refractivity contribution in [3.05, 3.63) is 34.9 Å². The minimum absolute atomic E-state index is 0.0719. The number of carboxylic acid groups (broad SMARTS) is 1. The van der Waals surface area contributed by atoms with E-state index < -0.39 is 22.2 Å². The third-order valence-electron chi connectivity index (χ3n) is 5.27. The molecule has 35 heavy (non-hydrogen) atoms. The number of rotatable bonds is 10. The van der Waals surface area contributed by atoms with Crippen LogP contribution in [0.15, 0.2) is 24.3 Å². The number of nitrogens with one attached hydrogen (secondary N) is 1. The highest BCUT2D eigenvalue weighted by Crippen LogP contribution is 2.14. The van der Waals surface area contributed by atoms with Gasteiger partial charge in [-0.05, 0) is 31.3 Å². The predicted molar refractivity (Wildman–Crippen MR) is 127 cm³/mol. The van der Waals surface area contributed by atoms with Gasteiger partial charge in [0.05, 0.1) is 5.75 Å². The lowest BCUT2D eigenvalue weighted by molar-refractivity contribution is -0.192. The van der Waals surface area contributed by atoms with Crippen LogP contribution in [0.2, 0.25) is 5.02 Å². The topological polar surface area (TPSA) is 110 Å². The van der Waals surface area contributed by atoms with Crippen LogP contribution in [0.4, 0.5) is 13.2 Å². The van der Waals surface area contributed by atoms with Gasteiger partial charge >= 0.3 is 12.1 Å². The van der Waals surface area contributed by atoms with Gasteiger partial charge in [-0.2, -0.15) is 17.5 Å². The van der Waals surface area contributed by atoms with Crippen LogP contribution in [-0.4, -0.2) is 110 Å². The maximum absolute atomic E-state index is 13.0. The van der Waals surface area contributed by atoms with Gasteiger partial charge < -0.3 is 20.2 Å². The molecule has 1 saturated heterocycles. The Morgan fingerprint density at radius 3 is 2.17 bits per heavy atom. The number of halogens is 4. The van der Waals surface area contributed by atoms with Crippen LogP contribution < -0.4 is 5.32 Å². The molecule has 0 spiro atoms. The van der Waals surface area contributed by atoms with E-state index >= 15 is 0 Å². The number of nitrogens with zero attached hydrogens (tertiary/aromatic N) is 3. The van der Waals surface area contributed by atoms with E-state index in [2.05, 4.69) is 24.1 Å². The average molecular weight is 545 g/mol. The summed E-state index contributed by atoms with van der Waals surface area (Å²) in [6.07, 6.45) is -5.08. The number of benzene rings is 1. The summed E-state index contributed by atoms with van der Waals surface area (Å²) < 4.78 is 58.6. The molecule has 2 N–H and O–H groups in total. The molecule has 9 nitrogen and oxygen atoms in total. The summed E-state index contributed by atoms with van der Waals surface area (Å²) in [6.45, 7) is 9.52. The fourth-order valence-electron chi connectivity index (χ4n) is 3.20. The van der Waals surface area contributed by atoms with Crippen LogP contribution in [0, 0.1) is 0 Å². The molecule has 0 bridgehead atoms. The lowest BCUT2D eigenvalue weighted by atomic mass is 10.2. The van der Waals surface area contributed by atoms with Crippen molar-refractivity contribution in [3.63, 3.8) is 0 Å². The van der Waals surface area contributed by atoms with Gasteiger partial charge in [0.15, 0.2) is 0 Å². The smallest absolute Gasteiger partial charge is 0.475 e. The summed E-state index contributed by atoms with van der Waals surface area (Å²) >= 11 is 6.03. The molecule has 0 unspecified atom stereocenters. The first-order valence-corrected chi connectivity index (χ1v) is 13.1. The highest BCUT2D eigenvalue weighted by Gasteiger charge is 2.38. The highest BCUT2D eigenvalue weighted by atomic mass is 35.5. The van der Waals surface area contributed by atoms with E-state index in [9.17, 15) is 26.4 Å². The Morgan fingerprint density at radius 1 is 1.11 bits per heavy atom. The number of carbonyl (C=O) groups excluding carboxylic acids is 1. The summed E-state index contributed by atoms with van der Waals surface area (Å²) in [5, 5.41) is 10.8. The molecule has 0 aromatic heterocycles. The second-order valence-electron chi connectivity index (χ2n) is 7.60. The van der Waals surface area contributed by atoms with Crippen molar-refractivity contribution in [2.24, 2.45) is 0 Å². The van der Waals surface area contributed by atoms with E-state index in [1.165, 1.54) is 4.31 Å². The summed E-state index contributed by atoms with van der Waals surface area (Å²) in [4.78, 5) is 25.7. The van der Waals surface area contributed by atoms with Crippen LogP contribution >= 0.6 is 11.6 Å². The normalized spacial score (nSPS) is 14.8. The number of hydrogen-bond acceptors (Lipinski definition) is 6. The van der Waals surface area contributed by atoms with Crippen LogP contribution in [0.1, 0.15) is 24.2 Å². The average Bonchev–Trinajstić information content (AvgIpc) is 2.81. The first-order chi connectivity index (χ1) is 16.3. The van der Waals surface area contributed by atoms with Gasteiger partial charge in [-0.15, -0.1) is 0 Å². The summed E-state index contributed by atoms with van der Waals surface area (Å²) in [5.74, 6) is -3.02. The van der Waals surface area contributed by atoms with Gasteiger partial charge in [-0.1, -0.05) is 31.5 Å². The van der Waals surface area contributed by atoms with E-state index in [0.717, 1.165) is 13.1 Å². The predicted octanol–water partition coefficient (Wildman–Crippen LogP) is 1.99. The molecule has 14 heteroatoms. The molecule has 1 heterocycles. The number of carboxylic acids is 1. The number of piperazine rings is 1. The third-order valence-corrected chi connectivity index (χ3v) is 7.36. The Labute approximate surface area is 208 Å². The number of alkyl halides is 3. The summed E-state index contributed by atoms with van der Waals surface area (Å²) in [5.41, 5.74) is 0.478. The van der Waals surface area contributed by atoms with Gasteiger partial charge in [0.25, 0.3) is 5.91 Å². The zero-order valence-electron chi connectivity index (χ0n) is 19.7. The number of carbonyl (C=O) groups is 2. The van der Waals surface area contributed by atoms with E-state index in [1.54, 1.807) is 29.2 Å². The molecule has 2 rings (SSSR count). The largest absolute Gasteiger partial charge is 0.490 e. The SMILES string of the molecule is CCN(CC)CCN(CCS(=O)(=O)N1CCNCC1)C(=O)c1cccc(Cl)c1.O=C(O)C(F)(F)F. The maximum Gasteiger partial charge on any atom is 0.490 e. The van der Waals surface area contributed by atoms with Crippen molar-refractivity contribution in [3.8, 4) is 0 Å². The molecule has 0 saturated carbocycles. The number of likely N-dealkylation sites (N-methyl/N-ethyl adjacent to an activating group) is 1. The molecule has 1 aliphatic rings. The number of hydrogen-bond donors (Lipinski definition) is 2. The molecule has 0 atom stereocenters. The summed E-state index contributed by atoms with van der Waals surface area (Å²) in [6, 6.07) is 6.78. The zero-order chi connectivity index (χ0) is 26.6. The first-order valence-electron chi connectivity index (χ1n) is 11.1. The molecule has 1 aliphatic heterocycles. The van der Waals surface area contributed by atoms with Crippen molar-refractivity contribution in [2.75, 3.05) is 64.7 Å². The Morgan fingerprint density at radius 2 is 1.69 bits per heavy atom. The van der Waals surface area contributed by atoms with Crippen LogP contribution in [-0.2, 0) is 14.8 Å². The van der Waals surface area contributed by atoms with Crippen LogP contribution in [0.5, 0.6) is 0 Å². The van der Waals surface area contributed by atoms with Crippen molar-refractivity contribution < 1.29 is 36.3 Å². The van der Waals surface area contributed by atoms with Crippen molar-refractivity contribution in [2.45, 2.75) is 20.0 Å². The van der Waals surface area contributed by atoms with E-state index in [4.69, 9.17) is 21.5 Å². The molecule has 0 radical (unpaired) electrons. The van der Waals surface area contributed by atoms with E-state index in [-0.39, 0.29) is 18.2 Å². The quantitative estimate of drug-likeness (QED) is 0.463. The highest BCUT2D eigenvalue weighted by molar-refractivity contribution is 7.89. The van der Waals surface area contributed by atoms with Gasteiger partial charge in [-0.3, -0.25) is 4.79 Å². The van der Waals surface area contributed by atoms with Gasteiger partial charge in [-0.25, -0.2) is 13.2 Å². The van der Waals surface area contributed by atoms with Crippen molar-refractivity contribution >= 4 is 33.5 Å². The molecule has 0 aliphatic carbocycles. The Kier molecular flexibility index (Phi) is 13.0. The lowest BCUT2D eigenvalue weighted by Crippen LogP contribution is -2.49. The van der Waals surface area contributed by atoms with E-state index in [0.29, 0.717) is 49.9 Å². The molecule has 200 valence electrons. The fourth-order valence-corrected chi connectivity index (χ4v) is 4.84. The molecular formula is C21H32ClF3N4O5S. The minimum Gasteiger partial charge on any atom is -0.475 e. The van der Waals surface area contributed by atoms with Gasteiger partial charge in [0, 0.05) is 56.4 Å². The second kappa shape index (κ2) is 14.6. The van der Waals surface area contributed by atoms with Gasteiger partial charge in [0.2, 0.25) is 10.0 Å². The van der Waals surface area contributed by atoms with Crippen LogP contribution in [0.25, 0.3) is 0 Å². The monoisotopic (exact) mass is 544 g/mol. The Hall–Kier alpha value is -1.93. The lowest BCUT2D eigenvalue weighted by Gasteiger charge is -2.29. The minimum atomic E-state index is -5.08. The fraction of sp³-hybridized carbons (Fsp3) is 0.619. The molecule has 1 amide bonds. The molecule has 1 aromatic rings. The number of aliphatic carboxylic acids is 1. The Balaban J connectivity index is 0.000000762. The number of amides is 1. The zero-order valence-corrected chi connectivity index (χ0v) is 21.3. The standard InChI is InChI=1S/C19H31ClN4O3S.C2HF3O2/c1-3-22(4-2)12-13-23(19(25)17-6-5-7-18(20)16-17)14-15-28(26,27)24-10-8-21-9-11-24;3-2(4,5)1(6)7/h5-7,16,21H,3-4,8-15H2,1-2H3;(H,6,7). The summed E-state index contributed by atoms with van der Waals surface area (Å²) in [7, 11) is -3.39. The first kappa shape index (κ1) is 31.1. The second-order valence-corrected chi connectivity index (χ2v) is 10.1. The number of sulfonamides is 1. The molecule has 1 aromatic carbocycles. The Bertz CT molecular complexity index is 924. The molecular weight excluding hydrogens is 513 g/mol. The molecule has 1 fully saturated rings. The van der Waals surface area contributed by atoms with Gasteiger partial charge in [0.1, 0.15) is 0 Å².